The minimum atomic E-state index is -0.688. The largest absolute Gasteiger partial charge is 0.335 e. The van der Waals surface area contributed by atoms with Gasteiger partial charge in [0, 0.05) is 29.1 Å². The van der Waals surface area contributed by atoms with Crippen LogP contribution >= 0.6 is 15.9 Å². The van der Waals surface area contributed by atoms with E-state index in [0.29, 0.717) is 4.47 Å². The van der Waals surface area contributed by atoms with Crippen molar-refractivity contribution in [1.82, 2.24) is 9.55 Å². The van der Waals surface area contributed by atoms with Crippen LogP contribution < -0.4 is 5.56 Å². The van der Waals surface area contributed by atoms with Gasteiger partial charge in [0.2, 0.25) is 0 Å². The van der Waals surface area contributed by atoms with Crippen LogP contribution in [0.1, 0.15) is 5.56 Å². The Morgan fingerprint density at radius 3 is 2.89 bits per heavy atom. The lowest BCUT2D eigenvalue weighted by Gasteiger charge is -2.05. The first-order valence-electron chi connectivity index (χ1n) is 5.01. The molecule has 18 heavy (non-hydrogen) atoms. The van der Waals surface area contributed by atoms with Crippen LogP contribution in [0.2, 0.25) is 0 Å². The van der Waals surface area contributed by atoms with Gasteiger partial charge in [-0.3, -0.25) is 19.9 Å². The van der Waals surface area contributed by atoms with Crippen molar-refractivity contribution >= 4 is 21.6 Å². The summed E-state index contributed by atoms with van der Waals surface area (Å²) in [6.07, 6.45) is 4.75. The maximum absolute atomic E-state index is 11.8. The summed E-state index contributed by atoms with van der Waals surface area (Å²) in [5, 5.41) is 10.7. The zero-order valence-electron chi connectivity index (χ0n) is 9.12. The number of halogens is 1. The highest BCUT2D eigenvalue weighted by atomic mass is 79.9. The number of rotatable bonds is 3. The fraction of sp³-hybridized carbons (Fsp3) is 0.0909. The normalized spacial score (nSPS) is 10.3. The molecule has 2 heterocycles. The van der Waals surface area contributed by atoms with Gasteiger partial charge in [0.05, 0.1) is 11.5 Å². The van der Waals surface area contributed by atoms with Crippen LogP contribution in [0, 0.1) is 10.1 Å². The first kappa shape index (κ1) is 12.4. The van der Waals surface area contributed by atoms with Gasteiger partial charge in [0.25, 0.3) is 0 Å². The SMILES string of the molecule is O=c1c([N+](=O)[O-])cc(Br)cn1Cc1cccnc1. The summed E-state index contributed by atoms with van der Waals surface area (Å²) >= 11 is 3.15. The van der Waals surface area contributed by atoms with E-state index in [2.05, 4.69) is 20.9 Å². The summed E-state index contributed by atoms with van der Waals surface area (Å²) in [4.78, 5) is 25.8. The number of hydrogen-bond donors (Lipinski definition) is 0. The van der Waals surface area contributed by atoms with Gasteiger partial charge in [-0.15, -0.1) is 0 Å². The van der Waals surface area contributed by atoms with Crippen LogP contribution in [0.15, 0.2) is 46.1 Å². The average molecular weight is 310 g/mol. The molecular formula is C11H8BrN3O3. The third-order valence-corrected chi connectivity index (χ3v) is 2.74. The standard InChI is InChI=1S/C11H8BrN3O3/c12-9-4-10(15(17)18)11(16)14(7-9)6-8-2-1-3-13-5-8/h1-5,7H,6H2. The number of pyridine rings is 2. The molecule has 0 aliphatic heterocycles. The first-order valence-corrected chi connectivity index (χ1v) is 5.80. The Labute approximate surface area is 110 Å². The van der Waals surface area contributed by atoms with E-state index in [1.165, 1.54) is 16.8 Å². The average Bonchev–Trinajstić information content (AvgIpc) is 2.34. The van der Waals surface area contributed by atoms with Gasteiger partial charge in [-0.25, -0.2) is 0 Å². The molecule has 0 amide bonds. The molecule has 0 radical (unpaired) electrons. The molecule has 0 unspecified atom stereocenters. The first-order chi connectivity index (χ1) is 8.58. The third-order valence-electron chi connectivity index (χ3n) is 2.31. The lowest BCUT2D eigenvalue weighted by molar-refractivity contribution is -0.386. The van der Waals surface area contributed by atoms with E-state index in [-0.39, 0.29) is 6.54 Å². The Bertz CT molecular complexity index is 640. The molecule has 0 saturated carbocycles. The summed E-state index contributed by atoms with van der Waals surface area (Å²) in [6, 6.07) is 4.74. The molecule has 0 aliphatic carbocycles. The van der Waals surface area contributed by atoms with Crippen molar-refractivity contribution in [1.29, 1.82) is 0 Å². The van der Waals surface area contributed by atoms with Crippen LogP contribution in [0.5, 0.6) is 0 Å². The van der Waals surface area contributed by atoms with Crippen molar-refractivity contribution in [2.45, 2.75) is 6.54 Å². The van der Waals surface area contributed by atoms with E-state index in [9.17, 15) is 14.9 Å². The number of nitrogens with zero attached hydrogens (tertiary/aromatic N) is 3. The van der Waals surface area contributed by atoms with Crippen LogP contribution in [0.4, 0.5) is 5.69 Å². The summed E-state index contributed by atoms with van der Waals surface area (Å²) in [6.45, 7) is 0.243. The maximum Gasteiger partial charge on any atom is 0.335 e. The fourth-order valence-corrected chi connectivity index (χ4v) is 1.98. The molecule has 0 atom stereocenters. The molecule has 7 heteroatoms. The second-order valence-corrected chi connectivity index (χ2v) is 4.51. The van der Waals surface area contributed by atoms with Crippen molar-refractivity contribution in [2.24, 2.45) is 0 Å². The smallest absolute Gasteiger partial charge is 0.304 e. The Morgan fingerprint density at radius 2 is 2.28 bits per heavy atom. The topological polar surface area (TPSA) is 78.0 Å². The molecule has 0 bridgehead atoms. The van der Waals surface area contributed by atoms with Crippen molar-refractivity contribution < 1.29 is 4.92 Å². The zero-order chi connectivity index (χ0) is 13.1. The van der Waals surface area contributed by atoms with Crippen molar-refractivity contribution in [2.75, 3.05) is 0 Å². The quantitative estimate of drug-likeness (QED) is 0.641. The lowest BCUT2D eigenvalue weighted by atomic mass is 10.3. The van der Waals surface area contributed by atoms with E-state index in [4.69, 9.17) is 0 Å². The molecule has 2 aromatic rings. The molecular weight excluding hydrogens is 302 g/mol. The molecule has 0 fully saturated rings. The number of aromatic nitrogens is 2. The second kappa shape index (κ2) is 5.09. The van der Waals surface area contributed by atoms with Crippen molar-refractivity contribution in [3.63, 3.8) is 0 Å². The van der Waals surface area contributed by atoms with Crippen LogP contribution in [0.25, 0.3) is 0 Å². The van der Waals surface area contributed by atoms with Gasteiger partial charge >= 0.3 is 11.2 Å². The van der Waals surface area contributed by atoms with Gasteiger partial charge in [-0.2, -0.15) is 0 Å². The molecule has 0 saturated heterocycles. The Kier molecular flexibility index (Phi) is 3.52. The number of hydrogen-bond acceptors (Lipinski definition) is 4. The van der Waals surface area contributed by atoms with Gasteiger partial charge < -0.3 is 4.57 Å². The van der Waals surface area contributed by atoms with Gasteiger partial charge in [-0.1, -0.05) is 6.07 Å². The fourth-order valence-electron chi connectivity index (χ4n) is 1.52. The van der Waals surface area contributed by atoms with Gasteiger partial charge in [0.1, 0.15) is 0 Å². The minimum Gasteiger partial charge on any atom is -0.304 e. The van der Waals surface area contributed by atoms with E-state index in [1.54, 1.807) is 24.5 Å². The van der Waals surface area contributed by atoms with E-state index < -0.39 is 16.2 Å². The zero-order valence-corrected chi connectivity index (χ0v) is 10.7. The summed E-state index contributed by atoms with van der Waals surface area (Å²) in [7, 11) is 0. The molecule has 6 nitrogen and oxygen atoms in total. The molecule has 0 spiro atoms. The minimum absolute atomic E-state index is 0.243. The van der Waals surface area contributed by atoms with Crippen LogP contribution in [-0.2, 0) is 6.54 Å². The monoisotopic (exact) mass is 309 g/mol. The molecule has 0 aliphatic rings. The predicted molar refractivity (Wildman–Crippen MR) is 68.4 cm³/mol. The Morgan fingerprint density at radius 1 is 1.50 bits per heavy atom. The Balaban J connectivity index is 2.46. The van der Waals surface area contributed by atoms with Gasteiger partial charge in [0.15, 0.2) is 0 Å². The molecule has 92 valence electrons. The molecule has 2 rings (SSSR count). The van der Waals surface area contributed by atoms with E-state index in [0.717, 1.165) is 5.56 Å². The summed E-state index contributed by atoms with van der Waals surface area (Å²) in [5.41, 5.74) is -0.285. The highest BCUT2D eigenvalue weighted by Gasteiger charge is 2.15. The number of nitro groups is 1. The maximum atomic E-state index is 11.8. The van der Waals surface area contributed by atoms with E-state index in [1.807, 2.05) is 0 Å². The van der Waals surface area contributed by atoms with Crippen molar-refractivity contribution in [3.05, 3.63) is 67.3 Å². The third kappa shape index (κ3) is 2.62. The second-order valence-electron chi connectivity index (χ2n) is 3.59. The van der Waals surface area contributed by atoms with E-state index >= 15 is 0 Å². The highest BCUT2D eigenvalue weighted by Crippen LogP contribution is 2.14. The molecule has 0 aromatic carbocycles. The predicted octanol–water partition coefficient (Wildman–Crippen LogP) is 1.96. The lowest BCUT2D eigenvalue weighted by Crippen LogP contribution is -2.22. The molecule has 2 aromatic heterocycles. The summed E-state index contributed by atoms with van der Waals surface area (Å²) in [5.74, 6) is 0. The summed E-state index contributed by atoms with van der Waals surface area (Å²) < 4.78 is 1.76. The van der Waals surface area contributed by atoms with Crippen LogP contribution in [0.3, 0.4) is 0 Å². The Hall–Kier alpha value is -2.02. The highest BCUT2D eigenvalue weighted by molar-refractivity contribution is 9.10. The van der Waals surface area contributed by atoms with Crippen molar-refractivity contribution in [3.8, 4) is 0 Å². The van der Waals surface area contributed by atoms with Crippen LogP contribution in [-0.4, -0.2) is 14.5 Å². The van der Waals surface area contributed by atoms with Gasteiger partial charge in [-0.05, 0) is 27.6 Å². The molecule has 0 N–H and O–H groups in total.